The fraction of sp³-hybridized carbons (Fsp3) is 0.333. The maximum atomic E-state index is 5.53. The molecule has 0 bridgehead atoms. The molecule has 3 aromatic rings. The Morgan fingerprint density at radius 3 is 2.24 bits per heavy atom. The average molecular weight is 565 g/mol. The van der Waals surface area contributed by atoms with Crippen LogP contribution in [0.1, 0.15) is 16.7 Å². The summed E-state index contributed by atoms with van der Waals surface area (Å²) in [5, 5.41) is 11.1. The van der Waals surface area contributed by atoms with Crippen LogP contribution in [-0.4, -0.2) is 50.7 Å². The van der Waals surface area contributed by atoms with Crippen LogP contribution in [0.2, 0.25) is 0 Å². The standard InChI is InChI=1S/C24H31N5O3.HI/c1-25-24(26-12-10-21-22(31-3)14-20(30-2)15-23(21)32-4)27-16-18-8-5-6-9-19(18)17-29-13-7-11-28-29;/h5-9,11,13-15H,10,12,16-17H2,1-4H3,(H2,25,26,27);1H. The summed E-state index contributed by atoms with van der Waals surface area (Å²) in [6.45, 7) is 2.05. The molecule has 2 aromatic carbocycles. The van der Waals surface area contributed by atoms with Crippen LogP contribution in [0.25, 0.3) is 0 Å². The molecule has 1 heterocycles. The summed E-state index contributed by atoms with van der Waals surface area (Å²) in [7, 11) is 6.68. The Morgan fingerprint density at radius 2 is 1.67 bits per heavy atom. The maximum Gasteiger partial charge on any atom is 0.191 e. The zero-order valence-electron chi connectivity index (χ0n) is 19.5. The quantitative estimate of drug-likeness (QED) is 0.223. The van der Waals surface area contributed by atoms with Gasteiger partial charge in [0, 0.05) is 50.2 Å². The lowest BCUT2D eigenvalue weighted by Crippen LogP contribution is -2.38. The van der Waals surface area contributed by atoms with Gasteiger partial charge in [-0.1, -0.05) is 24.3 Å². The number of aromatic nitrogens is 2. The molecule has 9 heteroatoms. The Morgan fingerprint density at radius 1 is 0.970 bits per heavy atom. The van der Waals surface area contributed by atoms with Crippen LogP contribution >= 0.6 is 24.0 Å². The lowest BCUT2D eigenvalue weighted by molar-refractivity contribution is 0.368. The Labute approximate surface area is 212 Å². The zero-order chi connectivity index (χ0) is 22.8. The number of halogens is 1. The van der Waals surface area contributed by atoms with E-state index in [0.29, 0.717) is 25.3 Å². The van der Waals surface area contributed by atoms with Gasteiger partial charge in [-0.2, -0.15) is 5.10 Å². The molecule has 0 radical (unpaired) electrons. The second kappa shape index (κ2) is 13.6. The van der Waals surface area contributed by atoms with Crippen molar-refractivity contribution in [1.82, 2.24) is 20.4 Å². The molecule has 2 N–H and O–H groups in total. The molecule has 33 heavy (non-hydrogen) atoms. The minimum Gasteiger partial charge on any atom is -0.496 e. The molecule has 1 aromatic heterocycles. The van der Waals surface area contributed by atoms with E-state index in [4.69, 9.17) is 14.2 Å². The summed E-state index contributed by atoms with van der Waals surface area (Å²) < 4.78 is 18.3. The number of hydrogen-bond acceptors (Lipinski definition) is 5. The number of guanidine groups is 1. The number of benzene rings is 2. The summed E-state index contributed by atoms with van der Waals surface area (Å²) in [6.07, 6.45) is 4.46. The number of methoxy groups -OCH3 is 3. The van der Waals surface area contributed by atoms with Crippen molar-refractivity contribution in [3.8, 4) is 17.2 Å². The van der Waals surface area contributed by atoms with Crippen molar-refractivity contribution in [1.29, 1.82) is 0 Å². The van der Waals surface area contributed by atoms with Crippen LogP contribution in [0.3, 0.4) is 0 Å². The topological polar surface area (TPSA) is 81.9 Å². The van der Waals surface area contributed by atoms with Crippen molar-refractivity contribution in [2.45, 2.75) is 19.5 Å². The van der Waals surface area contributed by atoms with Gasteiger partial charge >= 0.3 is 0 Å². The molecular formula is C24H32IN5O3. The van der Waals surface area contributed by atoms with E-state index in [1.807, 2.05) is 41.2 Å². The maximum absolute atomic E-state index is 5.53. The SMILES string of the molecule is CN=C(NCCc1c(OC)cc(OC)cc1OC)NCc1ccccc1Cn1cccn1.I. The van der Waals surface area contributed by atoms with Crippen LogP contribution in [0, 0.1) is 0 Å². The first-order valence-electron chi connectivity index (χ1n) is 10.5. The molecule has 178 valence electrons. The van der Waals surface area contributed by atoms with Crippen LogP contribution in [0.4, 0.5) is 0 Å². The van der Waals surface area contributed by atoms with Gasteiger partial charge in [0.1, 0.15) is 17.2 Å². The molecule has 0 saturated carbocycles. The second-order valence-corrected chi connectivity index (χ2v) is 7.09. The van der Waals surface area contributed by atoms with Crippen LogP contribution in [0.5, 0.6) is 17.2 Å². The zero-order valence-corrected chi connectivity index (χ0v) is 21.8. The van der Waals surface area contributed by atoms with Crippen LogP contribution in [0.15, 0.2) is 59.9 Å². The highest BCUT2D eigenvalue weighted by atomic mass is 127. The van der Waals surface area contributed by atoms with Crippen molar-refractivity contribution in [2.75, 3.05) is 34.9 Å². The van der Waals surface area contributed by atoms with E-state index < -0.39 is 0 Å². The van der Waals surface area contributed by atoms with Gasteiger partial charge in [0.2, 0.25) is 0 Å². The smallest absolute Gasteiger partial charge is 0.191 e. The molecule has 0 fully saturated rings. The minimum absolute atomic E-state index is 0. The van der Waals surface area contributed by atoms with Gasteiger partial charge in [-0.25, -0.2) is 0 Å². The summed E-state index contributed by atoms with van der Waals surface area (Å²) in [4.78, 5) is 4.35. The average Bonchev–Trinajstić information content (AvgIpc) is 3.34. The Kier molecular flexibility index (Phi) is 10.8. The van der Waals surface area contributed by atoms with E-state index in [9.17, 15) is 0 Å². The van der Waals surface area contributed by atoms with Gasteiger partial charge in [0.25, 0.3) is 0 Å². The molecule has 0 aliphatic carbocycles. The molecule has 0 unspecified atom stereocenters. The van der Waals surface area contributed by atoms with E-state index in [2.05, 4.69) is 32.9 Å². The van der Waals surface area contributed by atoms with Gasteiger partial charge in [-0.15, -0.1) is 24.0 Å². The highest BCUT2D eigenvalue weighted by molar-refractivity contribution is 14.0. The van der Waals surface area contributed by atoms with Gasteiger partial charge in [0.05, 0.1) is 27.9 Å². The predicted octanol–water partition coefficient (Wildman–Crippen LogP) is 3.48. The number of nitrogens with zero attached hydrogens (tertiary/aromatic N) is 3. The third-order valence-electron chi connectivity index (χ3n) is 5.16. The van der Waals surface area contributed by atoms with E-state index >= 15 is 0 Å². The van der Waals surface area contributed by atoms with Gasteiger partial charge in [-0.05, 0) is 23.6 Å². The lowest BCUT2D eigenvalue weighted by Gasteiger charge is -2.17. The first kappa shape index (κ1) is 26.3. The summed E-state index contributed by atoms with van der Waals surface area (Å²) in [5.74, 6) is 2.89. The third-order valence-corrected chi connectivity index (χ3v) is 5.16. The summed E-state index contributed by atoms with van der Waals surface area (Å²) >= 11 is 0. The highest BCUT2D eigenvalue weighted by Crippen LogP contribution is 2.34. The predicted molar refractivity (Wildman–Crippen MR) is 141 cm³/mol. The Bertz CT molecular complexity index is 1000. The lowest BCUT2D eigenvalue weighted by atomic mass is 10.1. The molecule has 0 atom stereocenters. The number of hydrogen-bond donors (Lipinski definition) is 2. The molecule has 0 spiro atoms. The minimum atomic E-state index is 0. The third kappa shape index (κ3) is 7.28. The van der Waals surface area contributed by atoms with Crippen molar-refractivity contribution < 1.29 is 14.2 Å². The van der Waals surface area contributed by atoms with Crippen molar-refractivity contribution in [3.05, 3.63) is 71.5 Å². The molecule has 3 rings (SSSR count). The van der Waals surface area contributed by atoms with Gasteiger partial charge < -0.3 is 24.8 Å². The molecule has 8 nitrogen and oxygen atoms in total. The molecule has 0 aliphatic heterocycles. The summed E-state index contributed by atoms with van der Waals surface area (Å²) in [5.41, 5.74) is 3.39. The number of aliphatic imine (C=N–C) groups is 1. The van der Waals surface area contributed by atoms with E-state index in [-0.39, 0.29) is 24.0 Å². The molecule has 0 amide bonds. The van der Waals surface area contributed by atoms with Crippen LogP contribution in [-0.2, 0) is 19.5 Å². The van der Waals surface area contributed by atoms with Gasteiger partial charge in [-0.3, -0.25) is 9.67 Å². The van der Waals surface area contributed by atoms with Crippen molar-refractivity contribution in [2.24, 2.45) is 4.99 Å². The normalized spacial score (nSPS) is 10.8. The second-order valence-electron chi connectivity index (χ2n) is 7.09. The first-order chi connectivity index (χ1) is 15.7. The van der Waals surface area contributed by atoms with Crippen molar-refractivity contribution in [3.63, 3.8) is 0 Å². The first-order valence-corrected chi connectivity index (χ1v) is 10.5. The Hall–Kier alpha value is -2.95. The van der Waals surface area contributed by atoms with E-state index in [0.717, 1.165) is 29.6 Å². The largest absolute Gasteiger partial charge is 0.496 e. The van der Waals surface area contributed by atoms with E-state index in [1.165, 1.54) is 11.1 Å². The fourth-order valence-electron chi connectivity index (χ4n) is 3.48. The van der Waals surface area contributed by atoms with Crippen molar-refractivity contribution >= 4 is 29.9 Å². The Balaban J connectivity index is 0.00000385. The number of nitrogens with one attached hydrogen (secondary N) is 2. The van der Waals surface area contributed by atoms with Gasteiger partial charge in [0.15, 0.2) is 5.96 Å². The number of rotatable bonds is 10. The fourth-order valence-corrected chi connectivity index (χ4v) is 3.48. The molecule has 0 aliphatic rings. The molecular weight excluding hydrogens is 533 g/mol. The van der Waals surface area contributed by atoms with Crippen LogP contribution < -0.4 is 24.8 Å². The highest BCUT2D eigenvalue weighted by Gasteiger charge is 2.13. The monoisotopic (exact) mass is 565 g/mol. The van der Waals surface area contributed by atoms with E-state index in [1.54, 1.807) is 34.6 Å². The molecule has 0 saturated heterocycles. The summed E-state index contributed by atoms with van der Waals surface area (Å²) in [6, 6.07) is 14.0. The number of ether oxygens (including phenoxy) is 3.